The van der Waals surface area contributed by atoms with Gasteiger partial charge in [-0.3, -0.25) is 14.5 Å². The Kier molecular flexibility index (Phi) is 3.51. The van der Waals surface area contributed by atoms with Gasteiger partial charge in [-0.1, -0.05) is 0 Å². The molecule has 1 N–H and O–H groups in total. The highest BCUT2D eigenvalue weighted by atomic mass is 16.6. The van der Waals surface area contributed by atoms with Crippen LogP contribution < -0.4 is 15.0 Å². The van der Waals surface area contributed by atoms with E-state index in [1.54, 1.807) is 0 Å². The van der Waals surface area contributed by atoms with E-state index < -0.39 is 28.7 Å². The minimum absolute atomic E-state index is 0.0223. The summed E-state index contributed by atoms with van der Waals surface area (Å²) in [4.78, 5) is 38.4. The molecule has 0 aromatic carbocycles. The summed E-state index contributed by atoms with van der Waals surface area (Å²) in [7, 11) is 1.43. The average Bonchev–Trinajstić information content (AvgIpc) is 2.43. The van der Waals surface area contributed by atoms with Crippen LogP contribution in [0.5, 0.6) is 5.75 Å². The summed E-state index contributed by atoms with van der Waals surface area (Å²) in [6, 6.07) is 2.54. The molecule has 9 heteroatoms. The molecular formula is C11H12N4O5. The number of nitrogens with zero attached hydrogens (tertiary/aromatic N) is 3. The highest BCUT2D eigenvalue weighted by Crippen LogP contribution is 2.33. The molecule has 0 spiro atoms. The van der Waals surface area contributed by atoms with Crippen LogP contribution in [0.1, 0.15) is 6.92 Å². The number of amides is 2. The van der Waals surface area contributed by atoms with Crippen molar-refractivity contribution < 1.29 is 19.2 Å². The molecule has 2 amide bonds. The molecule has 106 valence electrons. The lowest BCUT2D eigenvalue weighted by atomic mass is 10.2. The Balaban J connectivity index is 2.46. The largest absolute Gasteiger partial charge is 0.475 e. The summed E-state index contributed by atoms with van der Waals surface area (Å²) < 4.78 is 5.32. The van der Waals surface area contributed by atoms with Crippen LogP contribution in [0.25, 0.3) is 0 Å². The van der Waals surface area contributed by atoms with Gasteiger partial charge in [0.05, 0.1) is 0 Å². The monoisotopic (exact) mass is 280 g/mol. The van der Waals surface area contributed by atoms with Gasteiger partial charge in [0.25, 0.3) is 11.7 Å². The second kappa shape index (κ2) is 5.11. The summed E-state index contributed by atoms with van der Waals surface area (Å²) in [6.07, 6.45) is -0.782. The van der Waals surface area contributed by atoms with E-state index in [1.165, 1.54) is 26.1 Å². The van der Waals surface area contributed by atoms with Crippen molar-refractivity contribution in [2.24, 2.45) is 0 Å². The number of rotatable bonds is 3. The summed E-state index contributed by atoms with van der Waals surface area (Å²) in [5.74, 6) is -1.10. The van der Waals surface area contributed by atoms with Gasteiger partial charge in [0.1, 0.15) is 6.54 Å². The van der Waals surface area contributed by atoms with Crippen molar-refractivity contribution in [1.29, 1.82) is 0 Å². The zero-order valence-corrected chi connectivity index (χ0v) is 10.8. The molecule has 1 aliphatic heterocycles. The van der Waals surface area contributed by atoms with E-state index in [0.29, 0.717) is 0 Å². The van der Waals surface area contributed by atoms with E-state index in [-0.39, 0.29) is 18.1 Å². The summed E-state index contributed by atoms with van der Waals surface area (Å²) >= 11 is 0. The van der Waals surface area contributed by atoms with Gasteiger partial charge in [0, 0.05) is 13.1 Å². The van der Waals surface area contributed by atoms with Crippen LogP contribution in [0.3, 0.4) is 0 Å². The Morgan fingerprint density at radius 3 is 2.90 bits per heavy atom. The molecule has 0 saturated carbocycles. The molecule has 0 aliphatic carbocycles. The van der Waals surface area contributed by atoms with Gasteiger partial charge < -0.3 is 20.2 Å². The number of nitro groups is 1. The molecule has 1 aromatic rings. The van der Waals surface area contributed by atoms with E-state index in [2.05, 4.69) is 10.3 Å². The second-order valence-corrected chi connectivity index (χ2v) is 4.11. The molecule has 2 rings (SSSR count). The molecule has 0 saturated heterocycles. The van der Waals surface area contributed by atoms with Crippen LogP contribution in [-0.4, -0.2) is 41.4 Å². The van der Waals surface area contributed by atoms with Crippen LogP contribution in [-0.2, 0) is 9.59 Å². The zero-order chi connectivity index (χ0) is 14.9. The first kappa shape index (κ1) is 13.7. The van der Waals surface area contributed by atoms with E-state index in [4.69, 9.17) is 4.74 Å². The first-order chi connectivity index (χ1) is 9.43. The van der Waals surface area contributed by atoms with Gasteiger partial charge in [-0.25, -0.2) is 0 Å². The third-order valence-electron chi connectivity index (χ3n) is 2.77. The molecule has 0 fully saturated rings. The fraction of sp³-hybridized carbons (Fsp3) is 0.364. The lowest BCUT2D eigenvalue weighted by Gasteiger charge is -2.28. The van der Waals surface area contributed by atoms with Gasteiger partial charge in [-0.15, -0.1) is 0 Å². The van der Waals surface area contributed by atoms with Gasteiger partial charge in [-0.2, -0.15) is 0 Å². The fourth-order valence-electron chi connectivity index (χ4n) is 1.75. The minimum atomic E-state index is -0.782. The van der Waals surface area contributed by atoms with Crippen molar-refractivity contribution in [3.63, 3.8) is 0 Å². The highest BCUT2D eigenvalue weighted by Gasteiger charge is 2.37. The normalized spacial score (nSPS) is 17.2. The lowest BCUT2D eigenvalue weighted by molar-refractivity contribution is -0.389. The number of fused-ring (bicyclic) bond motifs is 1. The van der Waals surface area contributed by atoms with E-state index >= 15 is 0 Å². The van der Waals surface area contributed by atoms with Gasteiger partial charge in [0.2, 0.25) is 5.91 Å². The van der Waals surface area contributed by atoms with Gasteiger partial charge in [0.15, 0.2) is 11.9 Å². The average molecular weight is 280 g/mol. The molecule has 1 aromatic heterocycles. The van der Waals surface area contributed by atoms with Crippen LogP contribution in [0, 0.1) is 10.1 Å². The molecule has 1 aliphatic rings. The molecular weight excluding hydrogens is 268 g/mol. The number of ether oxygens (including phenoxy) is 1. The Morgan fingerprint density at radius 2 is 2.30 bits per heavy atom. The number of likely N-dealkylation sites (N-methyl/N-ethyl adjacent to an activating group) is 1. The number of aromatic nitrogens is 1. The van der Waals surface area contributed by atoms with Gasteiger partial charge in [-0.05, 0) is 22.9 Å². The molecule has 1 atom stereocenters. The van der Waals surface area contributed by atoms with Crippen LogP contribution in [0.15, 0.2) is 12.1 Å². The van der Waals surface area contributed by atoms with E-state index in [0.717, 1.165) is 4.90 Å². The topological polar surface area (TPSA) is 115 Å². The summed E-state index contributed by atoms with van der Waals surface area (Å²) in [6.45, 7) is 1.26. The van der Waals surface area contributed by atoms with Crippen molar-refractivity contribution in [3.8, 4) is 5.75 Å². The first-order valence-electron chi connectivity index (χ1n) is 5.78. The number of anilines is 1. The van der Waals surface area contributed by atoms with Crippen molar-refractivity contribution in [2.75, 3.05) is 18.5 Å². The number of carbonyl (C=O) groups is 2. The quantitative estimate of drug-likeness (QED) is 0.608. The predicted molar refractivity (Wildman–Crippen MR) is 67.4 cm³/mol. The maximum atomic E-state index is 12.0. The highest BCUT2D eigenvalue weighted by molar-refractivity contribution is 6.02. The number of carbonyl (C=O) groups excluding carboxylic acids is 2. The lowest BCUT2D eigenvalue weighted by Crippen LogP contribution is -2.48. The van der Waals surface area contributed by atoms with Crippen molar-refractivity contribution in [2.45, 2.75) is 13.0 Å². The van der Waals surface area contributed by atoms with Crippen LogP contribution in [0.2, 0.25) is 0 Å². The first-order valence-corrected chi connectivity index (χ1v) is 5.78. The fourth-order valence-corrected chi connectivity index (χ4v) is 1.75. The molecule has 20 heavy (non-hydrogen) atoms. The van der Waals surface area contributed by atoms with Crippen LogP contribution >= 0.6 is 0 Å². The minimum Gasteiger partial charge on any atom is -0.475 e. The molecule has 1 unspecified atom stereocenters. The van der Waals surface area contributed by atoms with Crippen molar-refractivity contribution in [3.05, 3.63) is 22.2 Å². The molecule has 2 heterocycles. The van der Waals surface area contributed by atoms with E-state index in [1.807, 2.05) is 0 Å². The number of nitrogens with one attached hydrogen (secondary N) is 1. The Bertz CT molecular complexity index is 588. The standard InChI is InChI=1S/C11H12N4O5/c1-6-11(17)14(5-9(16)12-2)10-7(20-6)3-4-8(13-10)15(18)19/h3-4,6H,5H2,1-2H3,(H,12,16). The maximum absolute atomic E-state index is 12.0. The number of hydrogen-bond donors (Lipinski definition) is 1. The van der Waals surface area contributed by atoms with Crippen molar-refractivity contribution >= 4 is 23.5 Å². The summed E-state index contributed by atoms with van der Waals surface area (Å²) in [5, 5.41) is 13.1. The van der Waals surface area contributed by atoms with Crippen molar-refractivity contribution in [1.82, 2.24) is 10.3 Å². The third-order valence-corrected chi connectivity index (χ3v) is 2.77. The third kappa shape index (κ3) is 2.37. The maximum Gasteiger partial charge on any atom is 0.366 e. The van der Waals surface area contributed by atoms with Gasteiger partial charge >= 0.3 is 5.82 Å². The Hall–Kier alpha value is -2.71. The second-order valence-electron chi connectivity index (χ2n) is 4.11. The number of pyridine rings is 1. The summed E-state index contributed by atoms with van der Waals surface area (Å²) in [5.41, 5.74) is 0. The smallest absolute Gasteiger partial charge is 0.366 e. The predicted octanol–water partition coefficient (Wildman–Crippen LogP) is -0.150. The molecule has 0 bridgehead atoms. The van der Waals surface area contributed by atoms with Crippen LogP contribution in [0.4, 0.5) is 11.6 Å². The number of hydrogen-bond acceptors (Lipinski definition) is 6. The SMILES string of the molecule is CNC(=O)CN1C(=O)C(C)Oc2ccc([N+](=O)[O-])nc21. The molecule has 0 radical (unpaired) electrons. The Labute approximate surface area is 113 Å². The zero-order valence-electron chi connectivity index (χ0n) is 10.8. The Morgan fingerprint density at radius 1 is 1.60 bits per heavy atom. The molecule has 9 nitrogen and oxygen atoms in total. The van der Waals surface area contributed by atoms with E-state index in [9.17, 15) is 19.7 Å².